The number of nitrogens with two attached hydrogens (primary N) is 1. The number of hydrogen-bond acceptors (Lipinski definition) is 3. The highest BCUT2D eigenvalue weighted by atomic mass is 79.9. The first-order valence-corrected chi connectivity index (χ1v) is 7.08. The van der Waals surface area contributed by atoms with E-state index in [-0.39, 0.29) is 0 Å². The topological polar surface area (TPSA) is 50.9 Å². The van der Waals surface area contributed by atoms with E-state index in [9.17, 15) is 0 Å². The molecule has 0 aliphatic rings. The van der Waals surface area contributed by atoms with Crippen molar-refractivity contribution in [1.82, 2.24) is 4.98 Å². The van der Waals surface area contributed by atoms with Crippen LogP contribution in [0.4, 0.5) is 11.5 Å². The summed E-state index contributed by atoms with van der Waals surface area (Å²) in [5.41, 5.74) is 8.85. The lowest BCUT2D eigenvalue weighted by Gasteiger charge is -2.15. The zero-order valence-corrected chi connectivity index (χ0v) is 12.7. The van der Waals surface area contributed by atoms with E-state index in [0.717, 1.165) is 22.4 Å². The SMILES string of the molecule is Cc1c(N)cnc(NCC(C)c2ccccc2)c1Br. The molecule has 0 saturated heterocycles. The number of nitrogens with zero attached hydrogens (tertiary/aromatic N) is 1. The van der Waals surface area contributed by atoms with Crippen LogP contribution in [-0.4, -0.2) is 11.5 Å². The Morgan fingerprint density at radius 2 is 2.00 bits per heavy atom. The maximum absolute atomic E-state index is 5.82. The number of rotatable bonds is 4. The molecule has 1 unspecified atom stereocenters. The molecule has 3 N–H and O–H groups in total. The lowest BCUT2D eigenvalue weighted by molar-refractivity contribution is 0.801. The molecule has 0 bridgehead atoms. The number of halogens is 1. The molecular weight excluding hydrogens is 302 g/mol. The molecule has 1 aromatic carbocycles. The van der Waals surface area contributed by atoms with Crippen molar-refractivity contribution >= 4 is 27.4 Å². The molecule has 0 aliphatic carbocycles. The van der Waals surface area contributed by atoms with Gasteiger partial charge in [0, 0.05) is 6.54 Å². The summed E-state index contributed by atoms with van der Waals surface area (Å²) in [6, 6.07) is 10.4. The minimum Gasteiger partial charge on any atom is -0.397 e. The van der Waals surface area contributed by atoms with Crippen molar-refractivity contribution in [2.45, 2.75) is 19.8 Å². The van der Waals surface area contributed by atoms with Gasteiger partial charge in [0.1, 0.15) is 5.82 Å². The smallest absolute Gasteiger partial charge is 0.140 e. The second kappa shape index (κ2) is 6.06. The molecule has 0 saturated carbocycles. The second-order valence-corrected chi connectivity index (χ2v) is 5.49. The largest absolute Gasteiger partial charge is 0.397 e. The molecule has 0 radical (unpaired) electrons. The van der Waals surface area contributed by atoms with Crippen LogP contribution in [0.2, 0.25) is 0 Å². The highest BCUT2D eigenvalue weighted by Crippen LogP contribution is 2.28. The molecule has 0 amide bonds. The van der Waals surface area contributed by atoms with Crippen molar-refractivity contribution in [3.05, 3.63) is 52.1 Å². The first-order chi connectivity index (χ1) is 9.09. The summed E-state index contributed by atoms with van der Waals surface area (Å²) in [5, 5.41) is 3.37. The number of anilines is 2. The van der Waals surface area contributed by atoms with E-state index in [2.05, 4.69) is 57.4 Å². The Balaban J connectivity index is 2.05. The molecule has 1 atom stereocenters. The minimum atomic E-state index is 0.424. The number of benzene rings is 1. The van der Waals surface area contributed by atoms with Crippen LogP contribution in [0.15, 0.2) is 41.0 Å². The van der Waals surface area contributed by atoms with E-state index in [0.29, 0.717) is 11.6 Å². The Morgan fingerprint density at radius 3 is 2.68 bits per heavy atom. The van der Waals surface area contributed by atoms with Gasteiger partial charge in [-0.1, -0.05) is 37.3 Å². The van der Waals surface area contributed by atoms with Gasteiger partial charge in [-0.25, -0.2) is 4.98 Å². The molecule has 4 heteroatoms. The molecular formula is C15H18BrN3. The van der Waals surface area contributed by atoms with Gasteiger partial charge in [-0.3, -0.25) is 0 Å². The van der Waals surface area contributed by atoms with Gasteiger partial charge in [0.25, 0.3) is 0 Å². The number of nitrogen functional groups attached to an aromatic ring is 1. The number of aromatic nitrogens is 1. The summed E-state index contributed by atoms with van der Waals surface area (Å²) >= 11 is 3.53. The number of nitrogens with one attached hydrogen (secondary N) is 1. The van der Waals surface area contributed by atoms with Crippen molar-refractivity contribution in [3.8, 4) is 0 Å². The van der Waals surface area contributed by atoms with Gasteiger partial charge in [-0.2, -0.15) is 0 Å². The van der Waals surface area contributed by atoms with Crippen molar-refractivity contribution < 1.29 is 0 Å². The molecule has 1 heterocycles. The standard InChI is InChI=1S/C15H18BrN3/c1-10(12-6-4-3-5-7-12)8-18-15-14(16)11(2)13(17)9-19-15/h3-7,9-10H,8,17H2,1-2H3,(H,18,19). The van der Waals surface area contributed by atoms with Gasteiger partial charge in [-0.05, 0) is 39.9 Å². The average molecular weight is 320 g/mol. The van der Waals surface area contributed by atoms with E-state index in [4.69, 9.17) is 5.73 Å². The maximum Gasteiger partial charge on any atom is 0.140 e. The quantitative estimate of drug-likeness (QED) is 0.897. The number of hydrogen-bond donors (Lipinski definition) is 2. The lowest BCUT2D eigenvalue weighted by Crippen LogP contribution is -2.11. The first kappa shape index (κ1) is 13.9. The van der Waals surface area contributed by atoms with Crippen LogP contribution < -0.4 is 11.1 Å². The molecule has 0 fully saturated rings. The van der Waals surface area contributed by atoms with Crippen LogP contribution in [0.5, 0.6) is 0 Å². The van der Waals surface area contributed by atoms with E-state index in [1.54, 1.807) is 6.20 Å². The van der Waals surface area contributed by atoms with E-state index in [1.165, 1.54) is 5.56 Å². The molecule has 19 heavy (non-hydrogen) atoms. The van der Waals surface area contributed by atoms with Gasteiger partial charge in [0.2, 0.25) is 0 Å². The van der Waals surface area contributed by atoms with Gasteiger partial charge in [-0.15, -0.1) is 0 Å². The van der Waals surface area contributed by atoms with Crippen molar-refractivity contribution in [3.63, 3.8) is 0 Å². The molecule has 2 rings (SSSR count). The Morgan fingerprint density at radius 1 is 1.32 bits per heavy atom. The first-order valence-electron chi connectivity index (χ1n) is 6.29. The molecule has 2 aromatic rings. The fourth-order valence-corrected chi connectivity index (χ4v) is 2.34. The number of pyridine rings is 1. The van der Waals surface area contributed by atoms with Crippen molar-refractivity contribution in [2.75, 3.05) is 17.6 Å². The second-order valence-electron chi connectivity index (χ2n) is 4.69. The van der Waals surface area contributed by atoms with Crippen LogP contribution >= 0.6 is 15.9 Å². The van der Waals surface area contributed by atoms with E-state index in [1.807, 2.05) is 13.0 Å². The lowest BCUT2D eigenvalue weighted by atomic mass is 10.0. The summed E-state index contributed by atoms with van der Waals surface area (Å²) in [4.78, 5) is 4.32. The van der Waals surface area contributed by atoms with Crippen LogP contribution in [0.1, 0.15) is 24.0 Å². The Bertz CT molecular complexity index is 555. The van der Waals surface area contributed by atoms with Crippen LogP contribution in [0, 0.1) is 6.92 Å². The third-order valence-electron chi connectivity index (χ3n) is 3.25. The molecule has 0 spiro atoms. The Kier molecular flexibility index (Phi) is 4.43. The summed E-state index contributed by atoms with van der Waals surface area (Å²) in [6.07, 6.45) is 1.69. The van der Waals surface area contributed by atoms with Crippen LogP contribution in [0.3, 0.4) is 0 Å². The third-order valence-corrected chi connectivity index (χ3v) is 4.22. The van der Waals surface area contributed by atoms with Gasteiger partial charge < -0.3 is 11.1 Å². The van der Waals surface area contributed by atoms with E-state index >= 15 is 0 Å². The Hall–Kier alpha value is -1.55. The van der Waals surface area contributed by atoms with Crippen molar-refractivity contribution in [2.24, 2.45) is 0 Å². The fraction of sp³-hybridized carbons (Fsp3) is 0.267. The third kappa shape index (κ3) is 3.26. The van der Waals surface area contributed by atoms with Crippen LogP contribution in [0.25, 0.3) is 0 Å². The Labute approximate surface area is 122 Å². The molecule has 0 aliphatic heterocycles. The average Bonchev–Trinajstić information content (AvgIpc) is 2.45. The van der Waals surface area contributed by atoms with Gasteiger partial charge in [0.05, 0.1) is 16.4 Å². The summed E-state index contributed by atoms with van der Waals surface area (Å²) < 4.78 is 0.938. The summed E-state index contributed by atoms with van der Waals surface area (Å²) in [5.74, 6) is 1.27. The predicted octanol–water partition coefficient (Wildman–Crippen LogP) is 3.95. The summed E-state index contributed by atoms with van der Waals surface area (Å²) in [7, 11) is 0. The van der Waals surface area contributed by atoms with E-state index < -0.39 is 0 Å². The zero-order valence-electron chi connectivity index (χ0n) is 11.2. The fourth-order valence-electron chi connectivity index (χ4n) is 1.86. The van der Waals surface area contributed by atoms with Gasteiger partial charge >= 0.3 is 0 Å². The molecule has 3 nitrogen and oxygen atoms in total. The zero-order chi connectivity index (χ0) is 13.8. The minimum absolute atomic E-state index is 0.424. The normalized spacial score (nSPS) is 12.2. The molecule has 1 aromatic heterocycles. The monoisotopic (exact) mass is 319 g/mol. The highest BCUT2D eigenvalue weighted by Gasteiger charge is 2.09. The predicted molar refractivity (Wildman–Crippen MR) is 84.4 cm³/mol. The maximum atomic E-state index is 5.82. The van der Waals surface area contributed by atoms with Gasteiger partial charge in [0.15, 0.2) is 0 Å². The van der Waals surface area contributed by atoms with Crippen LogP contribution in [-0.2, 0) is 0 Å². The van der Waals surface area contributed by atoms with Crippen molar-refractivity contribution in [1.29, 1.82) is 0 Å². The molecule has 100 valence electrons. The highest BCUT2D eigenvalue weighted by molar-refractivity contribution is 9.10. The summed E-state index contributed by atoms with van der Waals surface area (Å²) in [6.45, 7) is 5.01.